The topological polar surface area (TPSA) is 116 Å². The van der Waals surface area contributed by atoms with Crippen LogP contribution in [0, 0.1) is 10.1 Å². The Balaban J connectivity index is 1.32. The average molecular weight is 366 g/mol. The molecule has 3 aromatic rings. The van der Waals surface area contributed by atoms with Gasteiger partial charge in [0.25, 0.3) is 5.69 Å². The zero-order valence-electron chi connectivity index (χ0n) is 14.0. The van der Waals surface area contributed by atoms with Crippen LogP contribution >= 0.6 is 0 Å². The largest absolute Gasteiger partial charge is 0.461 e. The summed E-state index contributed by atoms with van der Waals surface area (Å²) < 4.78 is 10.5. The summed E-state index contributed by atoms with van der Waals surface area (Å²) in [6, 6.07) is 9.47. The standard InChI is InChI=1S/C18H14N4O5/c23-16(8-5-12-3-6-14(7-4-12)22(24)25)21-10-13(11-21)18-19-17(20-27-18)15-2-1-9-26-15/h1-9,13H,10-11H2/b8-5+. The molecule has 1 saturated heterocycles. The van der Waals surface area contributed by atoms with Gasteiger partial charge in [-0.3, -0.25) is 14.9 Å². The number of carbonyl (C=O) groups excluding carboxylic acids is 1. The molecular weight excluding hydrogens is 352 g/mol. The SMILES string of the molecule is O=C(/C=C/c1ccc([N+](=O)[O-])cc1)N1CC(c2nc(-c3ccco3)no2)C1. The van der Waals surface area contributed by atoms with E-state index in [4.69, 9.17) is 8.94 Å². The normalized spacial score (nSPS) is 14.4. The molecule has 1 amide bonds. The Hall–Kier alpha value is -3.75. The number of nitro benzene ring substituents is 1. The molecule has 136 valence electrons. The first-order valence-corrected chi connectivity index (χ1v) is 8.19. The smallest absolute Gasteiger partial charge is 0.269 e. The molecule has 0 aliphatic carbocycles. The maximum absolute atomic E-state index is 12.2. The van der Waals surface area contributed by atoms with Crippen LogP contribution in [0.1, 0.15) is 17.4 Å². The lowest BCUT2D eigenvalue weighted by Gasteiger charge is -2.36. The van der Waals surface area contributed by atoms with Gasteiger partial charge in [-0.2, -0.15) is 4.98 Å². The van der Waals surface area contributed by atoms with Crippen molar-refractivity contribution in [1.82, 2.24) is 15.0 Å². The van der Waals surface area contributed by atoms with Crippen LogP contribution in [-0.2, 0) is 4.79 Å². The van der Waals surface area contributed by atoms with Crippen LogP contribution in [0.25, 0.3) is 17.7 Å². The van der Waals surface area contributed by atoms with E-state index in [2.05, 4.69) is 10.1 Å². The summed E-state index contributed by atoms with van der Waals surface area (Å²) in [5.41, 5.74) is 0.726. The monoisotopic (exact) mass is 366 g/mol. The van der Waals surface area contributed by atoms with E-state index in [0.717, 1.165) is 0 Å². The van der Waals surface area contributed by atoms with E-state index < -0.39 is 4.92 Å². The Kier molecular flexibility index (Phi) is 4.25. The lowest BCUT2D eigenvalue weighted by molar-refractivity contribution is -0.384. The van der Waals surface area contributed by atoms with Gasteiger partial charge in [0.2, 0.25) is 17.6 Å². The second kappa shape index (κ2) is 6.87. The molecule has 0 spiro atoms. The average Bonchev–Trinajstić information content (AvgIpc) is 3.30. The highest BCUT2D eigenvalue weighted by molar-refractivity contribution is 5.92. The number of furan rings is 1. The van der Waals surface area contributed by atoms with Crippen molar-refractivity contribution >= 4 is 17.7 Å². The van der Waals surface area contributed by atoms with E-state index in [0.29, 0.717) is 36.1 Å². The van der Waals surface area contributed by atoms with E-state index in [1.54, 1.807) is 35.2 Å². The molecule has 3 heterocycles. The Morgan fingerprint density at radius 1 is 1.26 bits per heavy atom. The molecular formula is C18H14N4O5. The van der Waals surface area contributed by atoms with Gasteiger partial charge in [-0.05, 0) is 35.9 Å². The number of hydrogen-bond acceptors (Lipinski definition) is 7. The molecule has 4 rings (SSSR count). The first-order valence-electron chi connectivity index (χ1n) is 8.19. The minimum atomic E-state index is -0.465. The summed E-state index contributed by atoms with van der Waals surface area (Å²) in [7, 11) is 0. The highest BCUT2D eigenvalue weighted by Crippen LogP contribution is 2.28. The number of nitro groups is 1. The van der Waals surface area contributed by atoms with Crippen molar-refractivity contribution in [3.05, 3.63) is 70.3 Å². The molecule has 1 aliphatic rings. The predicted octanol–water partition coefficient (Wildman–Crippen LogP) is 2.88. The van der Waals surface area contributed by atoms with E-state index in [1.165, 1.54) is 24.5 Å². The van der Waals surface area contributed by atoms with Crippen molar-refractivity contribution in [3.63, 3.8) is 0 Å². The predicted molar refractivity (Wildman–Crippen MR) is 93.5 cm³/mol. The van der Waals surface area contributed by atoms with Crippen molar-refractivity contribution in [3.8, 4) is 11.6 Å². The van der Waals surface area contributed by atoms with Gasteiger partial charge in [-0.15, -0.1) is 0 Å². The van der Waals surface area contributed by atoms with E-state index >= 15 is 0 Å². The molecule has 0 radical (unpaired) electrons. The third-order valence-electron chi connectivity index (χ3n) is 4.25. The van der Waals surface area contributed by atoms with Crippen LogP contribution < -0.4 is 0 Å². The minimum absolute atomic E-state index is 0.00191. The molecule has 0 N–H and O–H groups in total. The zero-order valence-corrected chi connectivity index (χ0v) is 14.0. The highest BCUT2D eigenvalue weighted by Gasteiger charge is 2.35. The Morgan fingerprint density at radius 2 is 2.04 bits per heavy atom. The van der Waals surface area contributed by atoms with Gasteiger partial charge < -0.3 is 13.8 Å². The van der Waals surface area contributed by atoms with Crippen LogP contribution in [0.3, 0.4) is 0 Å². The number of benzene rings is 1. The van der Waals surface area contributed by atoms with Crippen molar-refractivity contribution in [1.29, 1.82) is 0 Å². The summed E-state index contributed by atoms with van der Waals surface area (Å²) in [6.45, 7) is 0.979. The van der Waals surface area contributed by atoms with Crippen LogP contribution in [0.4, 0.5) is 5.69 Å². The molecule has 1 fully saturated rings. The number of likely N-dealkylation sites (tertiary alicyclic amines) is 1. The van der Waals surface area contributed by atoms with Crippen LogP contribution in [0.5, 0.6) is 0 Å². The number of non-ortho nitro benzene ring substituents is 1. The molecule has 0 unspecified atom stereocenters. The van der Waals surface area contributed by atoms with Crippen LogP contribution in [0.15, 0.2) is 57.7 Å². The highest BCUT2D eigenvalue weighted by atomic mass is 16.6. The molecule has 2 aromatic heterocycles. The van der Waals surface area contributed by atoms with Gasteiger partial charge in [0.05, 0.1) is 17.1 Å². The third kappa shape index (κ3) is 3.47. The fourth-order valence-corrected chi connectivity index (χ4v) is 2.70. The first-order chi connectivity index (χ1) is 13.1. The second-order valence-electron chi connectivity index (χ2n) is 6.06. The summed E-state index contributed by atoms with van der Waals surface area (Å²) in [6.07, 6.45) is 4.60. The molecule has 9 heteroatoms. The maximum atomic E-state index is 12.2. The van der Waals surface area contributed by atoms with Gasteiger partial charge in [-0.1, -0.05) is 5.16 Å². The summed E-state index contributed by atoms with van der Waals surface area (Å²) in [4.78, 5) is 28.3. The fourth-order valence-electron chi connectivity index (χ4n) is 2.70. The Labute approximate surface area is 153 Å². The molecule has 0 bridgehead atoms. The van der Waals surface area contributed by atoms with E-state index in [9.17, 15) is 14.9 Å². The minimum Gasteiger partial charge on any atom is -0.461 e. The van der Waals surface area contributed by atoms with Crippen molar-refractivity contribution < 1.29 is 18.7 Å². The summed E-state index contributed by atoms with van der Waals surface area (Å²) >= 11 is 0. The lowest BCUT2D eigenvalue weighted by atomic mass is 10.00. The van der Waals surface area contributed by atoms with Crippen molar-refractivity contribution in [2.75, 3.05) is 13.1 Å². The molecule has 0 saturated carbocycles. The Morgan fingerprint density at radius 3 is 2.70 bits per heavy atom. The van der Waals surface area contributed by atoms with E-state index in [1.807, 2.05) is 0 Å². The first kappa shape index (κ1) is 16.7. The maximum Gasteiger partial charge on any atom is 0.269 e. The number of carbonyl (C=O) groups is 1. The molecule has 27 heavy (non-hydrogen) atoms. The fraction of sp³-hybridized carbons (Fsp3) is 0.167. The van der Waals surface area contributed by atoms with Crippen LogP contribution in [-0.4, -0.2) is 39.0 Å². The van der Waals surface area contributed by atoms with Gasteiger partial charge in [-0.25, -0.2) is 0 Å². The third-order valence-corrected chi connectivity index (χ3v) is 4.25. The number of rotatable bonds is 5. The zero-order chi connectivity index (χ0) is 18.8. The summed E-state index contributed by atoms with van der Waals surface area (Å²) in [5.74, 6) is 1.25. The van der Waals surface area contributed by atoms with Crippen molar-refractivity contribution in [2.24, 2.45) is 0 Å². The molecule has 1 aromatic carbocycles. The van der Waals surface area contributed by atoms with Crippen molar-refractivity contribution in [2.45, 2.75) is 5.92 Å². The van der Waals surface area contributed by atoms with Gasteiger partial charge in [0, 0.05) is 31.3 Å². The number of aromatic nitrogens is 2. The molecule has 9 nitrogen and oxygen atoms in total. The Bertz CT molecular complexity index is 985. The van der Waals surface area contributed by atoms with Crippen LogP contribution in [0.2, 0.25) is 0 Å². The second-order valence-corrected chi connectivity index (χ2v) is 6.06. The van der Waals surface area contributed by atoms with E-state index in [-0.39, 0.29) is 17.5 Å². The summed E-state index contributed by atoms with van der Waals surface area (Å²) in [5, 5.41) is 14.5. The molecule has 0 atom stereocenters. The van der Waals surface area contributed by atoms with Gasteiger partial charge >= 0.3 is 0 Å². The number of amides is 1. The molecule has 1 aliphatic heterocycles. The number of nitrogens with zero attached hydrogens (tertiary/aromatic N) is 4. The van der Waals surface area contributed by atoms with Gasteiger partial charge in [0.1, 0.15) is 0 Å². The number of hydrogen-bond donors (Lipinski definition) is 0. The van der Waals surface area contributed by atoms with Gasteiger partial charge in [0.15, 0.2) is 5.76 Å². The quantitative estimate of drug-likeness (QED) is 0.387. The lowest BCUT2D eigenvalue weighted by Crippen LogP contribution is -2.47.